The van der Waals surface area contributed by atoms with Crippen LogP contribution in [0.25, 0.3) is 0 Å². The molecule has 2 aromatic rings. The summed E-state index contributed by atoms with van der Waals surface area (Å²) >= 11 is 2.27. The number of amides is 1. The number of hydrogen-bond acceptors (Lipinski definition) is 3. The van der Waals surface area contributed by atoms with Gasteiger partial charge in [0.25, 0.3) is 0 Å². The quantitative estimate of drug-likeness (QED) is 0.764. The highest BCUT2D eigenvalue weighted by atomic mass is 127. The molecule has 0 saturated heterocycles. The molecule has 0 fully saturated rings. The Morgan fingerprint density at radius 2 is 2.25 bits per heavy atom. The van der Waals surface area contributed by atoms with Crippen molar-refractivity contribution in [1.82, 2.24) is 14.8 Å². The van der Waals surface area contributed by atoms with Gasteiger partial charge in [-0.05, 0) is 52.8 Å². The maximum absolute atomic E-state index is 12.2. The summed E-state index contributed by atoms with van der Waals surface area (Å²) in [5.74, 6) is 0.972. The SMILES string of the molecule is CCCn1ncnc1CN1C(=O)Cc2cc(I)ccc21. The first-order chi connectivity index (χ1) is 9.69. The Balaban J connectivity index is 1.88. The van der Waals surface area contributed by atoms with E-state index in [2.05, 4.69) is 45.7 Å². The number of halogens is 1. The predicted octanol–water partition coefficient (Wildman–Crippen LogP) is 2.38. The molecule has 0 aliphatic carbocycles. The third kappa shape index (κ3) is 2.44. The first kappa shape index (κ1) is 13.5. The number of nitrogens with zero attached hydrogens (tertiary/aromatic N) is 4. The Bertz CT molecular complexity index is 652. The lowest BCUT2D eigenvalue weighted by molar-refractivity contribution is -0.117. The normalized spacial score (nSPS) is 13.9. The van der Waals surface area contributed by atoms with E-state index in [9.17, 15) is 4.79 Å². The average Bonchev–Trinajstić information content (AvgIpc) is 2.96. The molecule has 1 aliphatic heterocycles. The molecule has 6 heteroatoms. The first-order valence-corrected chi connectivity index (χ1v) is 7.72. The van der Waals surface area contributed by atoms with Crippen LogP contribution in [0.3, 0.4) is 0 Å². The third-order valence-electron chi connectivity index (χ3n) is 3.41. The van der Waals surface area contributed by atoms with Gasteiger partial charge in [0.2, 0.25) is 5.91 Å². The molecule has 0 spiro atoms. The number of rotatable bonds is 4. The minimum atomic E-state index is 0.132. The Morgan fingerprint density at radius 1 is 1.40 bits per heavy atom. The molecule has 1 amide bonds. The van der Waals surface area contributed by atoms with Crippen molar-refractivity contribution in [3.63, 3.8) is 0 Å². The monoisotopic (exact) mass is 382 g/mol. The molecule has 1 aromatic heterocycles. The van der Waals surface area contributed by atoms with Gasteiger partial charge < -0.3 is 4.90 Å². The van der Waals surface area contributed by atoms with Crippen LogP contribution in [0.5, 0.6) is 0 Å². The molecule has 0 saturated carbocycles. The zero-order valence-electron chi connectivity index (χ0n) is 11.2. The maximum Gasteiger partial charge on any atom is 0.231 e. The lowest BCUT2D eigenvalue weighted by atomic mass is 10.2. The topological polar surface area (TPSA) is 51.0 Å². The van der Waals surface area contributed by atoms with Crippen LogP contribution in [0.1, 0.15) is 24.7 Å². The minimum absolute atomic E-state index is 0.132. The summed E-state index contributed by atoms with van der Waals surface area (Å²) < 4.78 is 3.03. The fourth-order valence-corrected chi connectivity index (χ4v) is 3.03. The average molecular weight is 382 g/mol. The number of carbonyl (C=O) groups is 1. The van der Waals surface area contributed by atoms with Crippen LogP contribution >= 0.6 is 22.6 Å². The van der Waals surface area contributed by atoms with E-state index in [1.165, 1.54) is 0 Å². The van der Waals surface area contributed by atoms with E-state index in [1.54, 1.807) is 6.33 Å². The Labute approximate surface area is 131 Å². The van der Waals surface area contributed by atoms with Gasteiger partial charge in [0, 0.05) is 15.8 Å². The van der Waals surface area contributed by atoms with Crippen molar-refractivity contribution < 1.29 is 4.79 Å². The minimum Gasteiger partial charge on any atom is -0.304 e. The molecule has 0 bridgehead atoms. The van der Waals surface area contributed by atoms with Crippen LogP contribution in [-0.4, -0.2) is 20.7 Å². The third-order valence-corrected chi connectivity index (χ3v) is 4.08. The number of benzene rings is 1. The molecule has 2 heterocycles. The Morgan fingerprint density at radius 3 is 3.05 bits per heavy atom. The van der Waals surface area contributed by atoms with Gasteiger partial charge in [0.15, 0.2) is 0 Å². The summed E-state index contributed by atoms with van der Waals surface area (Å²) in [5.41, 5.74) is 2.10. The summed E-state index contributed by atoms with van der Waals surface area (Å²) in [7, 11) is 0. The van der Waals surface area contributed by atoms with Gasteiger partial charge >= 0.3 is 0 Å². The van der Waals surface area contributed by atoms with Crippen LogP contribution in [0.2, 0.25) is 0 Å². The standard InChI is InChI=1S/C14H15IN4O/c1-2-5-19-13(16-9-17-19)8-18-12-4-3-11(15)6-10(12)7-14(18)20/h3-4,6,9H,2,5,7-8H2,1H3. The molecule has 104 valence electrons. The highest BCUT2D eigenvalue weighted by Crippen LogP contribution is 2.31. The van der Waals surface area contributed by atoms with Crippen LogP contribution in [0, 0.1) is 3.57 Å². The second-order valence-corrected chi connectivity index (χ2v) is 6.07. The molecular weight excluding hydrogens is 367 g/mol. The number of anilines is 1. The summed E-state index contributed by atoms with van der Waals surface area (Å²) in [4.78, 5) is 18.3. The van der Waals surface area contributed by atoms with E-state index in [0.717, 1.165) is 33.6 Å². The van der Waals surface area contributed by atoms with E-state index >= 15 is 0 Å². The molecule has 0 unspecified atom stereocenters. The van der Waals surface area contributed by atoms with E-state index in [0.29, 0.717) is 13.0 Å². The van der Waals surface area contributed by atoms with Gasteiger partial charge in [-0.3, -0.25) is 4.79 Å². The van der Waals surface area contributed by atoms with Gasteiger partial charge in [-0.25, -0.2) is 9.67 Å². The predicted molar refractivity (Wildman–Crippen MR) is 84.4 cm³/mol. The van der Waals surface area contributed by atoms with Crippen molar-refractivity contribution in [3.05, 3.63) is 39.5 Å². The summed E-state index contributed by atoms with van der Waals surface area (Å²) in [6.45, 7) is 3.42. The van der Waals surface area contributed by atoms with Crippen LogP contribution in [-0.2, 0) is 24.3 Å². The second-order valence-electron chi connectivity index (χ2n) is 4.83. The molecule has 1 aromatic carbocycles. The van der Waals surface area contributed by atoms with Gasteiger partial charge in [0.05, 0.1) is 13.0 Å². The van der Waals surface area contributed by atoms with Gasteiger partial charge in [0.1, 0.15) is 12.2 Å². The van der Waals surface area contributed by atoms with Crippen molar-refractivity contribution in [2.75, 3.05) is 4.90 Å². The Kier molecular flexibility index (Phi) is 3.73. The zero-order valence-corrected chi connectivity index (χ0v) is 13.4. The van der Waals surface area contributed by atoms with E-state index < -0.39 is 0 Å². The second kappa shape index (κ2) is 5.51. The maximum atomic E-state index is 12.2. The van der Waals surface area contributed by atoms with Gasteiger partial charge in [-0.2, -0.15) is 5.10 Å². The van der Waals surface area contributed by atoms with Crippen LogP contribution in [0.4, 0.5) is 5.69 Å². The first-order valence-electron chi connectivity index (χ1n) is 6.64. The summed E-state index contributed by atoms with van der Waals surface area (Å²) in [6.07, 6.45) is 3.04. The number of aromatic nitrogens is 3. The Hall–Kier alpha value is -1.44. The van der Waals surface area contributed by atoms with Crippen molar-refractivity contribution in [3.8, 4) is 0 Å². The molecule has 0 radical (unpaired) electrons. The van der Waals surface area contributed by atoms with Crippen LogP contribution in [0.15, 0.2) is 24.5 Å². The highest BCUT2D eigenvalue weighted by molar-refractivity contribution is 14.1. The van der Waals surface area contributed by atoms with Gasteiger partial charge in [-0.15, -0.1) is 0 Å². The molecule has 20 heavy (non-hydrogen) atoms. The van der Waals surface area contributed by atoms with Crippen molar-refractivity contribution >= 4 is 34.2 Å². The van der Waals surface area contributed by atoms with Crippen molar-refractivity contribution in [1.29, 1.82) is 0 Å². The molecule has 5 nitrogen and oxygen atoms in total. The largest absolute Gasteiger partial charge is 0.304 e. The zero-order chi connectivity index (χ0) is 14.1. The van der Waals surface area contributed by atoms with Crippen LogP contribution < -0.4 is 4.90 Å². The fraction of sp³-hybridized carbons (Fsp3) is 0.357. The smallest absolute Gasteiger partial charge is 0.231 e. The number of hydrogen-bond donors (Lipinski definition) is 0. The number of carbonyl (C=O) groups excluding carboxylic acids is 1. The lowest BCUT2D eigenvalue weighted by Crippen LogP contribution is -2.28. The molecular formula is C14H15IN4O. The molecule has 1 aliphatic rings. The summed E-state index contributed by atoms with van der Waals surface area (Å²) in [5, 5.41) is 4.21. The fourth-order valence-electron chi connectivity index (χ4n) is 2.48. The van der Waals surface area contributed by atoms with E-state index in [4.69, 9.17) is 0 Å². The molecule has 0 atom stereocenters. The van der Waals surface area contributed by atoms with E-state index in [1.807, 2.05) is 21.7 Å². The molecule has 3 rings (SSSR count). The number of aryl methyl sites for hydroxylation is 1. The highest BCUT2D eigenvalue weighted by Gasteiger charge is 2.28. The lowest BCUT2D eigenvalue weighted by Gasteiger charge is -2.17. The number of fused-ring (bicyclic) bond motifs is 1. The van der Waals surface area contributed by atoms with Gasteiger partial charge in [-0.1, -0.05) is 6.92 Å². The molecule has 0 N–H and O–H groups in total. The summed E-state index contributed by atoms with van der Waals surface area (Å²) in [6, 6.07) is 6.12. The van der Waals surface area contributed by atoms with E-state index in [-0.39, 0.29) is 5.91 Å². The van der Waals surface area contributed by atoms with Crippen molar-refractivity contribution in [2.45, 2.75) is 32.9 Å². The van der Waals surface area contributed by atoms with Crippen molar-refractivity contribution in [2.24, 2.45) is 0 Å².